The third kappa shape index (κ3) is 2.40. The molecule has 2 rings (SSSR count). The molecular weight excluding hydrogens is 228 g/mol. The Balaban J connectivity index is 2.52. The molecule has 0 saturated carbocycles. The van der Waals surface area contributed by atoms with Crippen molar-refractivity contribution in [2.45, 2.75) is 19.8 Å². The van der Waals surface area contributed by atoms with Gasteiger partial charge in [0.1, 0.15) is 17.9 Å². The molecule has 0 unspecified atom stereocenters. The number of rotatable bonds is 4. The lowest BCUT2D eigenvalue weighted by Gasteiger charge is -2.10. The second-order valence-corrected chi connectivity index (χ2v) is 3.95. The van der Waals surface area contributed by atoms with Crippen LogP contribution < -0.4 is 10.5 Å². The minimum Gasteiger partial charge on any atom is -0.495 e. The molecule has 0 radical (unpaired) electrons. The van der Waals surface area contributed by atoms with Crippen molar-refractivity contribution in [3.63, 3.8) is 0 Å². The first-order valence-corrected chi connectivity index (χ1v) is 5.85. The number of methoxy groups -OCH3 is 1. The third-order valence-corrected chi connectivity index (χ3v) is 2.70. The van der Waals surface area contributed by atoms with Crippen LogP contribution in [-0.2, 0) is 6.42 Å². The van der Waals surface area contributed by atoms with E-state index in [0.29, 0.717) is 11.6 Å². The number of nitrogens with two attached hydrogens (primary N) is 1. The summed E-state index contributed by atoms with van der Waals surface area (Å²) in [4.78, 5) is 12.5. The van der Waals surface area contributed by atoms with Gasteiger partial charge >= 0.3 is 0 Å². The fraction of sp³-hybridized carbons (Fsp3) is 0.308. The van der Waals surface area contributed by atoms with E-state index in [0.717, 1.165) is 29.7 Å². The van der Waals surface area contributed by atoms with Gasteiger partial charge in [-0.15, -0.1) is 0 Å². The molecule has 0 aliphatic rings. The summed E-state index contributed by atoms with van der Waals surface area (Å²) < 4.78 is 5.17. The van der Waals surface area contributed by atoms with Crippen molar-refractivity contribution < 1.29 is 4.74 Å². The molecular formula is C13H16N4O. The van der Waals surface area contributed by atoms with Crippen LogP contribution >= 0.6 is 0 Å². The van der Waals surface area contributed by atoms with Crippen LogP contribution in [0.4, 0.5) is 5.82 Å². The molecule has 0 fully saturated rings. The average Bonchev–Trinajstić information content (AvgIpc) is 2.41. The summed E-state index contributed by atoms with van der Waals surface area (Å²) in [5.41, 5.74) is 8.60. The average molecular weight is 244 g/mol. The summed E-state index contributed by atoms with van der Waals surface area (Å²) in [5, 5.41) is 0. The zero-order chi connectivity index (χ0) is 13.0. The Labute approximate surface area is 106 Å². The molecule has 0 aliphatic carbocycles. The molecule has 18 heavy (non-hydrogen) atoms. The maximum atomic E-state index is 5.91. The van der Waals surface area contributed by atoms with Gasteiger partial charge in [-0.05, 0) is 12.5 Å². The molecule has 0 atom stereocenters. The van der Waals surface area contributed by atoms with Gasteiger partial charge < -0.3 is 10.5 Å². The Morgan fingerprint density at radius 2 is 2.11 bits per heavy atom. The summed E-state index contributed by atoms with van der Waals surface area (Å²) in [7, 11) is 1.61. The van der Waals surface area contributed by atoms with Crippen molar-refractivity contribution in [3.05, 3.63) is 30.4 Å². The lowest BCUT2D eigenvalue weighted by Crippen LogP contribution is -2.02. The van der Waals surface area contributed by atoms with Crippen molar-refractivity contribution in [3.8, 4) is 17.0 Å². The van der Waals surface area contributed by atoms with E-state index in [-0.39, 0.29) is 0 Å². The first kappa shape index (κ1) is 12.3. The molecule has 2 heterocycles. The standard InChI is InChI=1S/C13H16N4O/c1-3-4-11-12(16-8-17-13(11)14)9-5-10(18-2)7-15-6-9/h5-8H,3-4H2,1-2H3,(H2,14,16,17). The highest BCUT2D eigenvalue weighted by Crippen LogP contribution is 2.27. The second-order valence-electron chi connectivity index (χ2n) is 3.95. The Morgan fingerprint density at radius 3 is 2.83 bits per heavy atom. The fourth-order valence-corrected chi connectivity index (χ4v) is 1.83. The fourth-order valence-electron chi connectivity index (χ4n) is 1.83. The zero-order valence-electron chi connectivity index (χ0n) is 10.6. The molecule has 0 bridgehead atoms. The Hall–Kier alpha value is -2.17. The number of pyridine rings is 1. The van der Waals surface area contributed by atoms with Gasteiger partial charge in [-0.2, -0.15) is 0 Å². The van der Waals surface area contributed by atoms with Gasteiger partial charge in [0.05, 0.1) is 19.0 Å². The van der Waals surface area contributed by atoms with Gasteiger partial charge in [0.25, 0.3) is 0 Å². The summed E-state index contributed by atoms with van der Waals surface area (Å²) >= 11 is 0. The predicted molar refractivity (Wildman–Crippen MR) is 70.2 cm³/mol. The zero-order valence-corrected chi connectivity index (χ0v) is 10.6. The molecule has 5 nitrogen and oxygen atoms in total. The number of nitrogens with zero attached hydrogens (tertiary/aromatic N) is 3. The molecule has 94 valence electrons. The van der Waals surface area contributed by atoms with Gasteiger partial charge in [-0.25, -0.2) is 9.97 Å². The van der Waals surface area contributed by atoms with Crippen LogP contribution in [-0.4, -0.2) is 22.1 Å². The second kappa shape index (κ2) is 5.44. The predicted octanol–water partition coefficient (Wildman–Crippen LogP) is 2.08. The SMILES string of the molecule is CCCc1c(N)ncnc1-c1cncc(OC)c1. The van der Waals surface area contributed by atoms with Crippen LogP contribution in [0.25, 0.3) is 11.3 Å². The lowest BCUT2D eigenvalue weighted by molar-refractivity contribution is 0.413. The molecule has 0 saturated heterocycles. The van der Waals surface area contributed by atoms with Crippen molar-refractivity contribution in [2.24, 2.45) is 0 Å². The van der Waals surface area contributed by atoms with E-state index in [1.807, 2.05) is 6.07 Å². The van der Waals surface area contributed by atoms with E-state index >= 15 is 0 Å². The summed E-state index contributed by atoms with van der Waals surface area (Å²) in [5.74, 6) is 1.23. The Bertz CT molecular complexity index is 542. The number of ether oxygens (including phenoxy) is 1. The number of hydrogen-bond acceptors (Lipinski definition) is 5. The van der Waals surface area contributed by atoms with Crippen LogP contribution in [0.2, 0.25) is 0 Å². The Morgan fingerprint density at radius 1 is 1.28 bits per heavy atom. The summed E-state index contributed by atoms with van der Waals surface area (Å²) in [6.07, 6.45) is 6.72. The van der Waals surface area contributed by atoms with Gasteiger partial charge in [-0.1, -0.05) is 13.3 Å². The van der Waals surface area contributed by atoms with Gasteiger partial charge in [0.15, 0.2) is 0 Å². The van der Waals surface area contributed by atoms with Crippen LogP contribution in [0.3, 0.4) is 0 Å². The minimum atomic E-state index is 0.532. The topological polar surface area (TPSA) is 73.9 Å². The van der Waals surface area contributed by atoms with Crippen molar-refractivity contribution in [2.75, 3.05) is 12.8 Å². The van der Waals surface area contributed by atoms with Crippen LogP contribution in [0.1, 0.15) is 18.9 Å². The summed E-state index contributed by atoms with van der Waals surface area (Å²) in [6.45, 7) is 2.10. The quantitative estimate of drug-likeness (QED) is 0.891. The highest BCUT2D eigenvalue weighted by molar-refractivity contribution is 5.67. The lowest BCUT2D eigenvalue weighted by atomic mass is 10.0. The third-order valence-electron chi connectivity index (χ3n) is 2.70. The maximum Gasteiger partial charge on any atom is 0.137 e. The van der Waals surface area contributed by atoms with E-state index in [2.05, 4.69) is 21.9 Å². The molecule has 2 aromatic rings. The van der Waals surface area contributed by atoms with Gasteiger partial charge in [0, 0.05) is 17.3 Å². The van der Waals surface area contributed by atoms with Crippen molar-refractivity contribution in [1.29, 1.82) is 0 Å². The van der Waals surface area contributed by atoms with Crippen LogP contribution in [0, 0.1) is 0 Å². The normalized spacial score (nSPS) is 10.3. The number of nitrogen functional groups attached to an aromatic ring is 1. The van der Waals surface area contributed by atoms with E-state index in [1.165, 1.54) is 6.33 Å². The van der Waals surface area contributed by atoms with Crippen molar-refractivity contribution in [1.82, 2.24) is 15.0 Å². The van der Waals surface area contributed by atoms with E-state index < -0.39 is 0 Å². The molecule has 2 N–H and O–H groups in total. The van der Waals surface area contributed by atoms with E-state index in [4.69, 9.17) is 10.5 Å². The number of hydrogen-bond donors (Lipinski definition) is 1. The number of anilines is 1. The highest BCUT2D eigenvalue weighted by Gasteiger charge is 2.11. The van der Waals surface area contributed by atoms with Crippen molar-refractivity contribution >= 4 is 5.82 Å². The van der Waals surface area contributed by atoms with Crippen LogP contribution in [0.15, 0.2) is 24.8 Å². The largest absolute Gasteiger partial charge is 0.495 e. The first-order chi connectivity index (χ1) is 8.76. The molecule has 5 heteroatoms. The molecule has 0 spiro atoms. The van der Waals surface area contributed by atoms with Gasteiger partial charge in [-0.3, -0.25) is 4.98 Å². The minimum absolute atomic E-state index is 0.532. The summed E-state index contributed by atoms with van der Waals surface area (Å²) in [6, 6.07) is 1.90. The number of aromatic nitrogens is 3. The highest BCUT2D eigenvalue weighted by atomic mass is 16.5. The molecule has 2 aromatic heterocycles. The first-order valence-electron chi connectivity index (χ1n) is 5.85. The molecule has 0 aliphatic heterocycles. The van der Waals surface area contributed by atoms with E-state index in [1.54, 1.807) is 19.5 Å². The monoisotopic (exact) mass is 244 g/mol. The maximum absolute atomic E-state index is 5.91. The molecule has 0 amide bonds. The Kier molecular flexibility index (Phi) is 3.72. The molecule has 0 aromatic carbocycles. The van der Waals surface area contributed by atoms with E-state index in [9.17, 15) is 0 Å². The van der Waals surface area contributed by atoms with Crippen LogP contribution in [0.5, 0.6) is 5.75 Å². The smallest absolute Gasteiger partial charge is 0.137 e. The van der Waals surface area contributed by atoms with Gasteiger partial charge in [0.2, 0.25) is 0 Å².